The first-order valence-electron chi connectivity index (χ1n) is 8.87. The number of fused-ring (bicyclic) bond motifs is 2. The zero-order valence-electron chi connectivity index (χ0n) is 14.7. The van der Waals surface area contributed by atoms with E-state index in [9.17, 15) is 9.59 Å². The van der Waals surface area contributed by atoms with E-state index >= 15 is 0 Å². The van der Waals surface area contributed by atoms with Gasteiger partial charge in [-0.2, -0.15) is 0 Å². The molecule has 0 saturated carbocycles. The lowest BCUT2D eigenvalue weighted by Gasteiger charge is -2.05. The van der Waals surface area contributed by atoms with Crippen molar-refractivity contribution in [1.82, 2.24) is 25.3 Å². The summed E-state index contributed by atoms with van der Waals surface area (Å²) in [7, 11) is 0. The Morgan fingerprint density at radius 3 is 2.44 bits per heavy atom. The van der Waals surface area contributed by atoms with Crippen LogP contribution >= 0.6 is 0 Å². The Morgan fingerprint density at radius 1 is 0.889 bits per heavy atom. The highest BCUT2D eigenvalue weighted by molar-refractivity contribution is 5.78. The van der Waals surface area contributed by atoms with Gasteiger partial charge in [0.25, 0.3) is 5.56 Å². The van der Waals surface area contributed by atoms with Crippen LogP contribution in [0.2, 0.25) is 0 Å². The van der Waals surface area contributed by atoms with Crippen LogP contribution in [0, 0.1) is 0 Å². The Labute approximate surface area is 154 Å². The molecule has 2 aromatic heterocycles. The number of para-hydroxylation sites is 3. The Bertz CT molecular complexity index is 1130. The summed E-state index contributed by atoms with van der Waals surface area (Å²) in [6, 6.07) is 15.0. The summed E-state index contributed by atoms with van der Waals surface area (Å²) < 4.78 is 0. The maximum atomic E-state index is 12.1. The number of rotatable bonds is 6. The molecule has 0 fully saturated rings. The van der Waals surface area contributed by atoms with Crippen molar-refractivity contribution in [2.75, 3.05) is 6.54 Å². The van der Waals surface area contributed by atoms with Gasteiger partial charge in [-0.3, -0.25) is 9.59 Å². The molecule has 4 aromatic rings. The molecule has 0 bridgehead atoms. The van der Waals surface area contributed by atoms with Gasteiger partial charge in [0.1, 0.15) is 11.6 Å². The monoisotopic (exact) mass is 361 g/mol. The van der Waals surface area contributed by atoms with E-state index in [-0.39, 0.29) is 17.9 Å². The minimum absolute atomic E-state index is 0.0816. The van der Waals surface area contributed by atoms with Crippen LogP contribution in [-0.2, 0) is 17.6 Å². The van der Waals surface area contributed by atoms with Crippen molar-refractivity contribution in [1.29, 1.82) is 0 Å². The van der Waals surface area contributed by atoms with Gasteiger partial charge in [0.05, 0.1) is 21.9 Å². The lowest BCUT2D eigenvalue weighted by atomic mass is 10.2. The molecule has 0 saturated heterocycles. The zero-order valence-corrected chi connectivity index (χ0v) is 14.7. The minimum Gasteiger partial charge on any atom is -0.356 e. The number of nitrogens with one attached hydrogen (secondary N) is 3. The van der Waals surface area contributed by atoms with Gasteiger partial charge in [-0.15, -0.1) is 0 Å². The van der Waals surface area contributed by atoms with Gasteiger partial charge >= 0.3 is 0 Å². The molecule has 0 aliphatic heterocycles. The number of carbonyl (C=O) groups excluding carboxylic acids is 1. The van der Waals surface area contributed by atoms with Crippen molar-refractivity contribution in [3.63, 3.8) is 0 Å². The van der Waals surface area contributed by atoms with Gasteiger partial charge in [-0.05, 0) is 24.3 Å². The number of aromatic nitrogens is 4. The molecule has 2 heterocycles. The second-order valence-corrected chi connectivity index (χ2v) is 6.33. The van der Waals surface area contributed by atoms with Crippen molar-refractivity contribution in [2.24, 2.45) is 0 Å². The summed E-state index contributed by atoms with van der Waals surface area (Å²) in [6.07, 6.45) is 1.28. The minimum atomic E-state index is -0.180. The molecule has 7 nitrogen and oxygen atoms in total. The van der Waals surface area contributed by atoms with Crippen LogP contribution in [0.3, 0.4) is 0 Å². The number of hydrogen-bond donors (Lipinski definition) is 3. The Kier molecular flexibility index (Phi) is 4.65. The predicted molar refractivity (Wildman–Crippen MR) is 103 cm³/mol. The highest BCUT2D eigenvalue weighted by Gasteiger charge is 2.07. The van der Waals surface area contributed by atoms with E-state index in [1.54, 1.807) is 18.2 Å². The molecular formula is C20H19N5O2. The maximum absolute atomic E-state index is 12.1. The first-order valence-corrected chi connectivity index (χ1v) is 8.87. The second-order valence-electron chi connectivity index (χ2n) is 6.33. The van der Waals surface area contributed by atoms with Crippen LogP contribution in [0.4, 0.5) is 0 Å². The molecule has 3 N–H and O–H groups in total. The largest absolute Gasteiger partial charge is 0.356 e. The van der Waals surface area contributed by atoms with Crippen LogP contribution in [0.25, 0.3) is 21.9 Å². The SMILES string of the molecule is O=C(CCc1nc2ccccc2c(=O)[nH]1)NCCc1nc2ccccc2[nH]1. The lowest BCUT2D eigenvalue weighted by Crippen LogP contribution is -2.26. The molecule has 0 aliphatic carbocycles. The Balaban J connectivity index is 1.30. The number of hydrogen-bond acceptors (Lipinski definition) is 4. The Morgan fingerprint density at radius 2 is 1.59 bits per heavy atom. The first-order chi connectivity index (χ1) is 13.2. The van der Waals surface area contributed by atoms with E-state index in [1.165, 1.54) is 0 Å². The van der Waals surface area contributed by atoms with Gasteiger partial charge in [-0.1, -0.05) is 24.3 Å². The molecule has 0 spiro atoms. The van der Waals surface area contributed by atoms with Crippen LogP contribution in [0.15, 0.2) is 53.3 Å². The van der Waals surface area contributed by atoms with Gasteiger partial charge in [0.2, 0.25) is 5.91 Å². The maximum Gasteiger partial charge on any atom is 0.258 e. The highest BCUT2D eigenvalue weighted by Crippen LogP contribution is 2.10. The summed E-state index contributed by atoms with van der Waals surface area (Å²) >= 11 is 0. The number of H-pyrrole nitrogens is 2. The predicted octanol–water partition coefficient (Wildman–Crippen LogP) is 2.09. The molecule has 7 heteroatoms. The topological polar surface area (TPSA) is 104 Å². The molecule has 2 aromatic carbocycles. The molecule has 0 aliphatic rings. The summed E-state index contributed by atoms with van der Waals surface area (Å²) in [5.41, 5.74) is 2.37. The number of imidazole rings is 1. The van der Waals surface area contributed by atoms with Crippen molar-refractivity contribution >= 4 is 27.8 Å². The summed E-state index contributed by atoms with van der Waals surface area (Å²) in [4.78, 5) is 39.0. The molecule has 136 valence electrons. The van der Waals surface area contributed by atoms with Crippen molar-refractivity contribution in [3.8, 4) is 0 Å². The van der Waals surface area contributed by atoms with E-state index in [0.717, 1.165) is 16.9 Å². The number of amides is 1. The molecule has 0 unspecified atom stereocenters. The standard InChI is InChI=1S/C20H19N5O2/c26-19(21-12-11-18-23-15-7-3-4-8-16(15)24-18)10-9-17-22-14-6-2-1-5-13(14)20(27)25-17/h1-8H,9-12H2,(H,21,26)(H,23,24)(H,22,25,27). The van der Waals surface area contributed by atoms with Crippen LogP contribution in [0.1, 0.15) is 18.1 Å². The smallest absolute Gasteiger partial charge is 0.258 e. The van der Waals surface area contributed by atoms with Crippen LogP contribution in [0.5, 0.6) is 0 Å². The van der Waals surface area contributed by atoms with E-state index in [1.807, 2.05) is 30.3 Å². The Hall–Kier alpha value is -3.48. The number of aromatic amines is 2. The fraction of sp³-hybridized carbons (Fsp3) is 0.200. The quantitative estimate of drug-likeness (QED) is 0.489. The van der Waals surface area contributed by atoms with Crippen molar-refractivity contribution in [3.05, 3.63) is 70.5 Å². The van der Waals surface area contributed by atoms with E-state index in [0.29, 0.717) is 36.1 Å². The van der Waals surface area contributed by atoms with Crippen LogP contribution < -0.4 is 10.9 Å². The van der Waals surface area contributed by atoms with Gasteiger partial charge in [0.15, 0.2) is 0 Å². The molecule has 0 atom stereocenters. The fourth-order valence-corrected chi connectivity index (χ4v) is 3.02. The van der Waals surface area contributed by atoms with Crippen molar-refractivity contribution in [2.45, 2.75) is 19.3 Å². The number of benzene rings is 2. The first kappa shape index (κ1) is 17.0. The number of nitrogens with zero attached hydrogens (tertiary/aromatic N) is 2. The molecule has 27 heavy (non-hydrogen) atoms. The number of aryl methyl sites for hydroxylation is 1. The second kappa shape index (κ2) is 7.41. The van der Waals surface area contributed by atoms with Crippen molar-refractivity contribution < 1.29 is 4.79 Å². The molecule has 0 radical (unpaired) electrons. The summed E-state index contributed by atoms with van der Waals surface area (Å²) in [5, 5.41) is 3.43. The van der Waals surface area contributed by atoms with E-state index < -0.39 is 0 Å². The molecule has 1 amide bonds. The number of carbonyl (C=O) groups is 1. The molecular weight excluding hydrogens is 342 g/mol. The van der Waals surface area contributed by atoms with Gasteiger partial charge in [-0.25, -0.2) is 9.97 Å². The zero-order chi connectivity index (χ0) is 18.6. The van der Waals surface area contributed by atoms with Crippen LogP contribution in [-0.4, -0.2) is 32.4 Å². The highest BCUT2D eigenvalue weighted by atomic mass is 16.1. The van der Waals surface area contributed by atoms with E-state index in [2.05, 4.69) is 25.3 Å². The normalized spacial score (nSPS) is 11.1. The lowest BCUT2D eigenvalue weighted by molar-refractivity contribution is -0.121. The summed E-state index contributed by atoms with van der Waals surface area (Å²) in [5.74, 6) is 1.28. The third-order valence-electron chi connectivity index (χ3n) is 4.37. The average molecular weight is 361 g/mol. The third-order valence-corrected chi connectivity index (χ3v) is 4.37. The summed E-state index contributed by atoms with van der Waals surface area (Å²) in [6.45, 7) is 0.500. The average Bonchev–Trinajstić information content (AvgIpc) is 3.09. The third kappa shape index (κ3) is 3.87. The van der Waals surface area contributed by atoms with E-state index in [4.69, 9.17) is 0 Å². The van der Waals surface area contributed by atoms with Gasteiger partial charge < -0.3 is 15.3 Å². The molecule has 4 rings (SSSR count). The van der Waals surface area contributed by atoms with Gasteiger partial charge in [0, 0.05) is 25.8 Å². The fourth-order valence-electron chi connectivity index (χ4n) is 3.02.